The summed E-state index contributed by atoms with van der Waals surface area (Å²) in [6.07, 6.45) is 1.81. The number of anilines is 1. The molecule has 1 aliphatic carbocycles. The lowest BCUT2D eigenvalue weighted by atomic mass is 9.96. The van der Waals surface area contributed by atoms with E-state index in [1.807, 2.05) is 0 Å². The first kappa shape index (κ1) is 14.8. The third-order valence-corrected chi connectivity index (χ3v) is 4.46. The number of carbonyl (C=O) groups is 3. The van der Waals surface area contributed by atoms with Crippen molar-refractivity contribution < 1.29 is 14.4 Å². The fourth-order valence-electron chi connectivity index (χ4n) is 2.49. The van der Waals surface area contributed by atoms with Crippen LogP contribution < -0.4 is 16.1 Å². The first-order valence-corrected chi connectivity index (χ1v) is 7.69. The van der Waals surface area contributed by atoms with E-state index in [-0.39, 0.29) is 5.92 Å². The molecule has 1 aromatic rings. The van der Waals surface area contributed by atoms with E-state index in [9.17, 15) is 14.4 Å². The second kappa shape index (κ2) is 5.28. The highest BCUT2D eigenvalue weighted by Gasteiger charge is 2.56. The van der Waals surface area contributed by atoms with Gasteiger partial charge in [0.1, 0.15) is 5.54 Å². The molecule has 3 rings (SSSR count). The van der Waals surface area contributed by atoms with Crippen LogP contribution in [0, 0.1) is 5.92 Å². The van der Waals surface area contributed by atoms with Crippen LogP contribution in [0.25, 0.3) is 0 Å². The zero-order valence-corrected chi connectivity index (χ0v) is 13.4. The molecule has 1 saturated heterocycles. The number of hydrogen-bond acceptors (Lipinski definition) is 3. The molecule has 2 fully saturated rings. The van der Waals surface area contributed by atoms with Crippen molar-refractivity contribution in [1.82, 2.24) is 15.8 Å². The fourth-order valence-corrected chi connectivity index (χ4v) is 2.75. The van der Waals surface area contributed by atoms with E-state index in [0.717, 1.165) is 22.3 Å². The van der Waals surface area contributed by atoms with Crippen molar-refractivity contribution in [2.45, 2.75) is 25.3 Å². The molecule has 0 spiro atoms. The number of imide groups is 1. The minimum atomic E-state index is -0.915. The minimum Gasteiger partial charge on any atom is -0.322 e. The van der Waals surface area contributed by atoms with Gasteiger partial charge in [0.2, 0.25) is 0 Å². The van der Waals surface area contributed by atoms with Crippen LogP contribution in [0.5, 0.6) is 0 Å². The Morgan fingerprint density at radius 1 is 1.32 bits per heavy atom. The van der Waals surface area contributed by atoms with Crippen molar-refractivity contribution in [3.05, 3.63) is 28.7 Å². The second-order valence-electron chi connectivity index (χ2n) is 5.62. The van der Waals surface area contributed by atoms with Gasteiger partial charge in [0.15, 0.2) is 0 Å². The lowest BCUT2D eigenvalue weighted by Gasteiger charge is -2.20. The average molecular weight is 367 g/mol. The third kappa shape index (κ3) is 2.66. The number of halogens is 1. The second-order valence-corrected chi connectivity index (χ2v) is 6.54. The van der Waals surface area contributed by atoms with Gasteiger partial charge in [0.25, 0.3) is 5.91 Å². The highest BCUT2D eigenvalue weighted by Crippen LogP contribution is 2.42. The lowest BCUT2D eigenvalue weighted by Crippen LogP contribution is -2.50. The number of nitrogens with one attached hydrogen (secondary N) is 3. The summed E-state index contributed by atoms with van der Waals surface area (Å²) in [4.78, 5) is 36.2. The van der Waals surface area contributed by atoms with Gasteiger partial charge in [0.05, 0.1) is 0 Å². The number of amides is 5. The molecule has 1 unspecified atom stereocenters. The Kier molecular flexibility index (Phi) is 3.56. The quantitative estimate of drug-likeness (QED) is 0.716. The van der Waals surface area contributed by atoms with Crippen LogP contribution >= 0.6 is 15.9 Å². The molecule has 22 heavy (non-hydrogen) atoms. The monoisotopic (exact) mass is 366 g/mol. The molecule has 0 radical (unpaired) electrons. The normalized spacial score (nSPS) is 24.2. The Morgan fingerprint density at radius 3 is 2.55 bits per heavy atom. The zero-order valence-electron chi connectivity index (χ0n) is 11.9. The Balaban J connectivity index is 1.65. The van der Waals surface area contributed by atoms with E-state index in [2.05, 4.69) is 32.0 Å². The van der Waals surface area contributed by atoms with Gasteiger partial charge in [-0.25, -0.2) is 15.0 Å². The average Bonchev–Trinajstić information content (AvgIpc) is 3.28. The smallest absolute Gasteiger partial charge is 0.322 e. The molecule has 3 N–H and O–H groups in total. The van der Waals surface area contributed by atoms with Crippen LogP contribution in [0.4, 0.5) is 15.3 Å². The molecular weight excluding hydrogens is 352 g/mol. The predicted molar refractivity (Wildman–Crippen MR) is 82.8 cm³/mol. The fraction of sp³-hybridized carbons (Fsp3) is 0.357. The number of hydrogen-bond donors (Lipinski definition) is 3. The molecule has 1 saturated carbocycles. The number of rotatable bonds is 3. The third-order valence-electron chi connectivity index (χ3n) is 3.93. The highest BCUT2D eigenvalue weighted by atomic mass is 79.9. The molecule has 1 aliphatic heterocycles. The molecule has 1 atom stereocenters. The van der Waals surface area contributed by atoms with E-state index in [1.165, 1.54) is 0 Å². The summed E-state index contributed by atoms with van der Waals surface area (Å²) in [5.74, 6) is -0.281. The van der Waals surface area contributed by atoms with Crippen LogP contribution in [0.15, 0.2) is 28.7 Å². The summed E-state index contributed by atoms with van der Waals surface area (Å²) in [6, 6.07) is 5.69. The molecule has 116 valence electrons. The summed E-state index contributed by atoms with van der Waals surface area (Å²) in [5.41, 5.74) is 1.93. The number of carbonyl (C=O) groups excluding carboxylic acids is 3. The molecule has 0 bridgehead atoms. The van der Waals surface area contributed by atoms with Gasteiger partial charge in [-0.15, -0.1) is 0 Å². The number of benzene rings is 1. The van der Waals surface area contributed by atoms with Gasteiger partial charge < -0.3 is 10.6 Å². The Bertz CT molecular complexity index is 644. The molecule has 1 aromatic carbocycles. The van der Waals surface area contributed by atoms with Gasteiger partial charge in [-0.05, 0) is 49.9 Å². The van der Waals surface area contributed by atoms with Crippen LogP contribution in [0.2, 0.25) is 0 Å². The van der Waals surface area contributed by atoms with Gasteiger partial charge in [-0.2, -0.15) is 5.01 Å². The van der Waals surface area contributed by atoms with Crippen molar-refractivity contribution in [2.75, 3.05) is 5.32 Å². The molecule has 7 nitrogen and oxygen atoms in total. The molecule has 5 amide bonds. The van der Waals surface area contributed by atoms with E-state index in [0.29, 0.717) is 5.69 Å². The van der Waals surface area contributed by atoms with E-state index < -0.39 is 23.5 Å². The van der Waals surface area contributed by atoms with Crippen molar-refractivity contribution in [1.29, 1.82) is 0 Å². The lowest BCUT2D eigenvalue weighted by molar-refractivity contribution is -0.132. The summed E-state index contributed by atoms with van der Waals surface area (Å²) >= 11 is 3.30. The number of nitrogens with zero attached hydrogens (tertiary/aromatic N) is 1. The van der Waals surface area contributed by atoms with Gasteiger partial charge >= 0.3 is 12.1 Å². The van der Waals surface area contributed by atoms with E-state index in [1.54, 1.807) is 31.2 Å². The van der Waals surface area contributed by atoms with Crippen molar-refractivity contribution >= 4 is 39.6 Å². The van der Waals surface area contributed by atoms with Crippen LogP contribution in [-0.2, 0) is 4.79 Å². The van der Waals surface area contributed by atoms with Crippen LogP contribution in [0.3, 0.4) is 0 Å². The number of hydrazine groups is 1. The maximum atomic E-state index is 12.3. The summed E-state index contributed by atoms with van der Waals surface area (Å²) in [5, 5.41) is 5.96. The largest absolute Gasteiger partial charge is 0.344 e. The summed E-state index contributed by atoms with van der Waals surface area (Å²) in [6.45, 7) is 1.69. The van der Waals surface area contributed by atoms with Gasteiger partial charge in [0, 0.05) is 10.2 Å². The summed E-state index contributed by atoms with van der Waals surface area (Å²) < 4.78 is 0.882. The molecular formula is C14H15BrN4O3. The standard InChI is InChI=1S/C14H15BrN4O3/c1-14(8-2-3-8)11(20)19(13(22)17-14)18-12(21)16-10-6-4-9(15)5-7-10/h4-8H,2-3H2,1H3,(H,17,22)(H2,16,18,21). The molecule has 1 heterocycles. The Labute approximate surface area is 135 Å². The zero-order chi connectivity index (χ0) is 15.9. The van der Waals surface area contributed by atoms with Crippen molar-refractivity contribution in [3.8, 4) is 0 Å². The molecule has 0 aromatic heterocycles. The molecule has 8 heteroatoms. The van der Waals surface area contributed by atoms with Crippen molar-refractivity contribution in [2.24, 2.45) is 5.92 Å². The Hall–Kier alpha value is -2.09. The van der Waals surface area contributed by atoms with E-state index >= 15 is 0 Å². The highest BCUT2D eigenvalue weighted by molar-refractivity contribution is 9.10. The maximum Gasteiger partial charge on any atom is 0.344 e. The minimum absolute atomic E-state index is 0.144. The van der Waals surface area contributed by atoms with Crippen molar-refractivity contribution in [3.63, 3.8) is 0 Å². The number of urea groups is 2. The van der Waals surface area contributed by atoms with E-state index in [4.69, 9.17) is 0 Å². The predicted octanol–water partition coefficient (Wildman–Crippen LogP) is 2.21. The van der Waals surface area contributed by atoms with Gasteiger partial charge in [-0.3, -0.25) is 4.79 Å². The first-order valence-electron chi connectivity index (χ1n) is 6.90. The van der Waals surface area contributed by atoms with Crippen LogP contribution in [-0.4, -0.2) is 28.5 Å². The molecule has 2 aliphatic rings. The first-order chi connectivity index (χ1) is 10.4. The van der Waals surface area contributed by atoms with Gasteiger partial charge in [-0.1, -0.05) is 15.9 Å². The topological polar surface area (TPSA) is 90.5 Å². The SMILES string of the molecule is CC1(C2CC2)NC(=O)N(NC(=O)Nc2ccc(Br)cc2)C1=O. The summed E-state index contributed by atoms with van der Waals surface area (Å²) in [7, 11) is 0. The Morgan fingerprint density at radius 2 is 1.95 bits per heavy atom. The van der Waals surface area contributed by atoms with Crippen LogP contribution in [0.1, 0.15) is 19.8 Å². The maximum absolute atomic E-state index is 12.3.